The van der Waals surface area contributed by atoms with Crippen LogP contribution in [0.25, 0.3) is 55.0 Å². The first-order valence-corrected chi connectivity index (χ1v) is 21.1. The molecule has 0 spiro atoms. The SMILES string of the molecule is Cc1c2c(cc3c1N(c1cccnc1)c1ccc4c5ccccc5n5c4c1B3c1ccccc1-5)B1c3ccccc3-n3c4ccccc4c4ccc(c1c43)N2c1cccnc1. The third-order valence-corrected chi connectivity index (χ3v) is 14.2. The molecule has 7 aromatic carbocycles. The molecule has 8 heterocycles. The first-order chi connectivity index (χ1) is 30.3. The van der Waals surface area contributed by atoms with Gasteiger partial charge in [-0.3, -0.25) is 9.97 Å². The lowest BCUT2D eigenvalue weighted by molar-refractivity contribution is 1.16. The second kappa shape index (κ2) is 11.3. The Morgan fingerprint density at radius 1 is 0.410 bits per heavy atom. The molecular weight excluding hydrogens is 742 g/mol. The minimum Gasteiger partial charge on any atom is -0.310 e. The van der Waals surface area contributed by atoms with E-state index in [2.05, 4.69) is 178 Å². The van der Waals surface area contributed by atoms with Crippen LogP contribution < -0.4 is 42.6 Å². The predicted molar refractivity (Wildman–Crippen MR) is 254 cm³/mol. The quantitative estimate of drug-likeness (QED) is 0.166. The highest BCUT2D eigenvalue weighted by Gasteiger charge is 2.48. The van der Waals surface area contributed by atoms with Gasteiger partial charge in [-0.05, 0) is 106 Å². The molecule has 0 amide bonds. The molecule has 0 radical (unpaired) electrons. The first-order valence-electron chi connectivity index (χ1n) is 21.1. The summed E-state index contributed by atoms with van der Waals surface area (Å²) in [7, 11) is 0. The Morgan fingerprint density at radius 3 is 1.34 bits per heavy atom. The van der Waals surface area contributed by atoms with Gasteiger partial charge in [-0.25, -0.2) is 0 Å². The molecule has 0 unspecified atom stereocenters. The van der Waals surface area contributed by atoms with E-state index in [9.17, 15) is 0 Å². The summed E-state index contributed by atoms with van der Waals surface area (Å²) in [5.41, 5.74) is 23.6. The van der Waals surface area contributed by atoms with Crippen molar-refractivity contribution in [3.63, 3.8) is 0 Å². The third-order valence-electron chi connectivity index (χ3n) is 14.2. The van der Waals surface area contributed by atoms with Crippen LogP contribution in [0.15, 0.2) is 176 Å². The standard InChI is InChI=1S/C53H32B2N6/c1-31-50-40(54-38-16-4-8-20-44(38)60-42-18-6-2-14-34(42)36-22-24-46(48(54)52(36)60)58(50)32-12-10-26-56-29-32)28-41-51(31)59(33-13-11-27-57-30-33)47-25-23-37-35-15-3-7-19-43(35)61-45-21-9-5-17-39(45)55(41)49(47)53(37)61/h2-30H,1H3. The van der Waals surface area contributed by atoms with Crippen molar-refractivity contribution in [1.29, 1.82) is 0 Å². The van der Waals surface area contributed by atoms with Crippen molar-refractivity contribution < 1.29 is 0 Å². The van der Waals surface area contributed by atoms with E-state index in [1.807, 2.05) is 24.8 Å². The van der Waals surface area contributed by atoms with Crippen LogP contribution in [0.2, 0.25) is 0 Å². The van der Waals surface area contributed by atoms with Crippen LogP contribution in [0.3, 0.4) is 0 Å². The second-order valence-corrected chi connectivity index (χ2v) is 16.9. The molecule has 0 aliphatic carbocycles. The summed E-state index contributed by atoms with van der Waals surface area (Å²) in [5.74, 6) is 0. The zero-order chi connectivity index (χ0) is 39.7. The van der Waals surface area contributed by atoms with Crippen molar-refractivity contribution in [1.82, 2.24) is 19.1 Å². The van der Waals surface area contributed by atoms with Gasteiger partial charge in [-0.1, -0.05) is 91.0 Å². The van der Waals surface area contributed by atoms with Crippen LogP contribution in [0.1, 0.15) is 5.56 Å². The van der Waals surface area contributed by atoms with Crippen LogP contribution in [0.5, 0.6) is 0 Å². The average Bonchev–Trinajstić information content (AvgIpc) is 3.85. The smallest absolute Gasteiger partial charge is 0.252 e. The first kappa shape index (κ1) is 32.1. The van der Waals surface area contributed by atoms with Gasteiger partial charge in [-0.2, -0.15) is 0 Å². The van der Waals surface area contributed by atoms with Crippen LogP contribution in [-0.2, 0) is 0 Å². The van der Waals surface area contributed by atoms with Crippen molar-refractivity contribution in [3.8, 4) is 11.4 Å². The fourth-order valence-corrected chi connectivity index (χ4v) is 12.1. The van der Waals surface area contributed by atoms with Crippen LogP contribution in [0, 0.1) is 6.92 Å². The van der Waals surface area contributed by atoms with Crippen molar-refractivity contribution in [3.05, 3.63) is 182 Å². The van der Waals surface area contributed by atoms with E-state index >= 15 is 0 Å². The van der Waals surface area contributed by atoms with Gasteiger partial charge in [0.25, 0.3) is 13.4 Å². The van der Waals surface area contributed by atoms with Gasteiger partial charge in [0, 0.05) is 68.1 Å². The Morgan fingerprint density at radius 2 is 0.869 bits per heavy atom. The number of anilines is 6. The number of nitrogens with zero attached hydrogens (tertiary/aromatic N) is 6. The maximum absolute atomic E-state index is 4.73. The number of rotatable bonds is 2. The summed E-state index contributed by atoms with van der Waals surface area (Å²) in [4.78, 5) is 14.5. The normalized spacial score (nSPS) is 13.9. The summed E-state index contributed by atoms with van der Waals surface area (Å²) in [6, 6.07) is 56.6. The minimum atomic E-state index is -0.00653. The molecule has 0 fully saturated rings. The molecule has 4 aromatic heterocycles. The highest BCUT2D eigenvalue weighted by Crippen LogP contribution is 2.48. The number of pyridine rings is 2. The van der Waals surface area contributed by atoms with E-state index < -0.39 is 0 Å². The lowest BCUT2D eigenvalue weighted by atomic mass is 9.30. The van der Waals surface area contributed by atoms with E-state index in [0.29, 0.717) is 0 Å². The Kier molecular flexibility index (Phi) is 5.92. The number of benzene rings is 7. The maximum atomic E-state index is 4.73. The molecule has 11 aromatic rings. The molecule has 61 heavy (non-hydrogen) atoms. The van der Waals surface area contributed by atoms with Gasteiger partial charge >= 0.3 is 0 Å². The summed E-state index contributed by atoms with van der Waals surface area (Å²) in [6.07, 6.45) is 7.79. The average molecular weight is 775 g/mol. The van der Waals surface area contributed by atoms with Crippen LogP contribution >= 0.6 is 0 Å². The Labute approximate surface area is 351 Å². The summed E-state index contributed by atoms with van der Waals surface area (Å²) < 4.78 is 5.06. The summed E-state index contributed by atoms with van der Waals surface area (Å²) >= 11 is 0. The highest BCUT2D eigenvalue weighted by atomic mass is 15.2. The van der Waals surface area contributed by atoms with Gasteiger partial charge in [0.2, 0.25) is 0 Å². The lowest BCUT2D eigenvalue weighted by Gasteiger charge is -2.45. The number of fused-ring (bicyclic) bond motifs is 16. The number of aromatic nitrogens is 4. The lowest BCUT2D eigenvalue weighted by Crippen LogP contribution is -2.64. The fraction of sp³-hybridized carbons (Fsp3) is 0.0189. The minimum absolute atomic E-state index is 0.00653. The summed E-state index contributed by atoms with van der Waals surface area (Å²) in [5, 5.41) is 5.12. The largest absolute Gasteiger partial charge is 0.310 e. The van der Waals surface area contributed by atoms with E-state index in [0.717, 1.165) is 11.4 Å². The Bertz CT molecular complexity index is 3520. The van der Waals surface area contributed by atoms with E-state index in [-0.39, 0.29) is 13.4 Å². The van der Waals surface area contributed by atoms with Gasteiger partial charge in [0.1, 0.15) is 0 Å². The maximum Gasteiger partial charge on any atom is 0.252 e. The summed E-state index contributed by atoms with van der Waals surface area (Å²) in [6.45, 7) is 2.34. The molecule has 4 aliphatic rings. The molecule has 8 heteroatoms. The van der Waals surface area contributed by atoms with Crippen molar-refractivity contribution in [2.45, 2.75) is 6.92 Å². The van der Waals surface area contributed by atoms with Crippen molar-refractivity contribution >= 4 is 124 Å². The molecule has 280 valence electrons. The molecule has 0 saturated carbocycles. The molecule has 0 N–H and O–H groups in total. The number of hydrogen-bond donors (Lipinski definition) is 0. The molecule has 0 bridgehead atoms. The van der Waals surface area contributed by atoms with Gasteiger partial charge in [0.05, 0.1) is 45.8 Å². The molecule has 0 saturated heterocycles. The van der Waals surface area contributed by atoms with E-state index in [4.69, 9.17) is 9.97 Å². The monoisotopic (exact) mass is 774 g/mol. The van der Waals surface area contributed by atoms with Gasteiger partial charge in [0.15, 0.2) is 0 Å². The molecule has 15 rings (SSSR count). The number of hydrogen-bond acceptors (Lipinski definition) is 4. The zero-order valence-electron chi connectivity index (χ0n) is 33.1. The van der Waals surface area contributed by atoms with Gasteiger partial charge < -0.3 is 18.9 Å². The van der Waals surface area contributed by atoms with Crippen LogP contribution in [-0.4, -0.2) is 32.5 Å². The van der Waals surface area contributed by atoms with Crippen LogP contribution in [0.4, 0.5) is 34.1 Å². The topological polar surface area (TPSA) is 42.1 Å². The Hall–Kier alpha value is -7.83. The number of para-hydroxylation sites is 4. The molecule has 6 nitrogen and oxygen atoms in total. The van der Waals surface area contributed by atoms with Crippen molar-refractivity contribution in [2.75, 3.05) is 9.80 Å². The van der Waals surface area contributed by atoms with Crippen molar-refractivity contribution in [2.24, 2.45) is 0 Å². The molecule has 4 aliphatic heterocycles. The molecular formula is C53H32B2N6. The van der Waals surface area contributed by atoms with Gasteiger partial charge in [-0.15, -0.1) is 0 Å². The van der Waals surface area contributed by atoms with E-state index in [1.54, 1.807) is 0 Å². The highest BCUT2D eigenvalue weighted by molar-refractivity contribution is 7.03. The molecule has 0 atom stereocenters. The second-order valence-electron chi connectivity index (χ2n) is 16.9. The fourth-order valence-electron chi connectivity index (χ4n) is 12.1. The zero-order valence-corrected chi connectivity index (χ0v) is 33.1. The third kappa shape index (κ3) is 3.79. The Balaban J connectivity index is 1.13. The van der Waals surface area contributed by atoms with E-state index in [1.165, 1.54) is 116 Å². The predicted octanol–water partition coefficient (Wildman–Crippen LogP) is 8.20.